The summed E-state index contributed by atoms with van der Waals surface area (Å²) in [6.45, 7) is 0. The monoisotopic (exact) mass is 283 g/mol. The smallest absolute Gasteiger partial charge is 0.257 e. The van der Waals surface area contributed by atoms with Crippen LogP contribution in [0.15, 0.2) is 55.2 Å². The molecule has 0 unspecified atom stereocenters. The Bertz CT molecular complexity index is 738. The molecule has 1 aromatic carbocycles. The summed E-state index contributed by atoms with van der Waals surface area (Å²) < 4.78 is 14.3. The van der Waals surface area contributed by atoms with E-state index in [4.69, 9.17) is 0 Å². The van der Waals surface area contributed by atoms with Crippen molar-refractivity contribution in [1.82, 2.24) is 19.7 Å². The predicted molar refractivity (Wildman–Crippen MR) is 73.5 cm³/mol. The van der Waals surface area contributed by atoms with Gasteiger partial charge < -0.3 is 5.32 Å². The molecule has 2 aromatic heterocycles. The van der Waals surface area contributed by atoms with Gasteiger partial charge in [0, 0.05) is 11.9 Å². The molecule has 0 spiro atoms. The molecule has 1 N–H and O–H groups in total. The lowest BCUT2D eigenvalue weighted by molar-refractivity contribution is 0.102. The molecule has 0 atom stereocenters. The number of carbonyl (C=O) groups is 1. The molecule has 6 nitrogen and oxygen atoms in total. The summed E-state index contributed by atoms with van der Waals surface area (Å²) in [5.74, 6) is -0.972. The van der Waals surface area contributed by atoms with E-state index in [0.717, 1.165) is 11.8 Å². The van der Waals surface area contributed by atoms with E-state index < -0.39 is 5.95 Å². The minimum absolute atomic E-state index is 0.289. The van der Waals surface area contributed by atoms with E-state index in [-0.39, 0.29) is 11.5 Å². The maximum absolute atomic E-state index is 12.7. The van der Waals surface area contributed by atoms with Crippen LogP contribution >= 0.6 is 0 Å². The molecule has 0 aliphatic rings. The van der Waals surface area contributed by atoms with Gasteiger partial charge >= 0.3 is 0 Å². The van der Waals surface area contributed by atoms with Crippen molar-refractivity contribution >= 4 is 11.6 Å². The summed E-state index contributed by atoms with van der Waals surface area (Å²) >= 11 is 0. The van der Waals surface area contributed by atoms with Gasteiger partial charge in [-0.25, -0.2) is 14.6 Å². The molecule has 7 heteroatoms. The zero-order valence-corrected chi connectivity index (χ0v) is 10.8. The fourth-order valence-corrected chi connectivity index (χ4v) is 1.75. The second kappa shape index (κ2) is 5.49. The predicted octanol–water partition coefficient (Wildman–Crippen LogP) is 2.05. The number of hydrogen-bond acceptors (Lipinski definition) is 4. The lowest BCUT2D eigenvalue weighted by Crippen LogP contribution is -2.12. The number of benzene rings is 1. The second-order valence-electron chi connectivity index (χ2n) is 4.21. The van der Waals surface area contributed by atoms with Gasteiger partial charge in [-0.05, 0) is 36.4 Å². The highest BCUT2D eigenvalue weighted by Crippen LogP contribution is 2.13. The van der Waals surface area contributed by atoms with Crippen LogP contribution in [0.1, 0.15) is 10.4 Å². The first-order valence-electron chi connectivity index (χ1n) is 6.10. The van der Waals surface area contributed by atoms with Gasteiger partial charge in [0.05, 0.1) is 11.3 Å². The molecule has 1 amide bonds. The Hall–Kier alpha value is -3.09. The fraction of sp³-hybridized carbons (Fsp3) is 0. The van der Waals surface area contributed by atoms with Crippen molar-refractivity contribution in [3.8, 4) is 5.69 Å². The number of carbonyl (C=O) groups excluding carboxylic acids is 1. The maximum Gasteiger partial charge on any atom is 0.257 e. The summed E-state index contributed by atoms with van der Waals surface area (Å²) in [6.07, 6.45) is 4.21. The van der Waals surface area contributed by atoms with Crippen LogP contribution in [0.2, 0.25) is 0 Å². The quantitative estimate of drug-likeness (QED) is 0.747. The molecule has 0 fully saturated rings. The van der Waals surface area contributed by atoms with Crippen LogP contribution in [-0.4, -0.2) is 25.7 Å². The van der Waals surface area contributed by atoms with Gasteiger partial charge in [-0.3, -0.25) is 4.79 Å². The average Bonchev–Trinajstić information content (AvgIpc) is 3.03. The summed E-state index contributed by atoms with van der Waals surface area (Å²) in [5.41, 5.74) is 1.74. The molecule has 0 radical (unpaired) electrons. The Morgan fingerprint density at radius 2 is 1.95 bits per heavy atom. The topological polar surface area (TPSA) is 72.7 Å². The van der Waals surface area contributed by atoms with Gasteiger partial charge in [0.2, 0.25) is 5.95 Å². The van der Waals surface area contributed by atoms with Gasteiger partial charge in [0.1, 0.15) is 12.7 Å². The first-order chi connectivity index (χ1) is 10.2. The molecule has 3 aromatic rings. The zero-order chi connectivity index (χ0) is 14.7. The first-order valence-corrected chi connectivity index (χ1v) is 6.10. The van der Waals surface area contributed by atoms with Crippen molar-refractivity contribution in [2.75, 3.05) is 5.32 Å². The van der Waals surface area contributed by atoms with E-state index in [2.05, 4.69) is 20.4 Å². The van der Waals surface area contributed by atoms with E-state index in [0.29, 0.717) is 5.69 Å². The van der Waals surface area contributed by atoms with Gasteiger partial charge in [-0.1, -0.05) is 0 Å². The van der Waals surface area contributed by atoms with Crippen LogP contribution in [0, 0.1) is 5.95 Å². The average molecular weight is 283 g/mol. The highest BCUT2D eigenvalue weighted by atomic mass is 19.1. The standard InChI is InChI=1S/C14H10FN5O/c15-13-6-1-10(7-17-13)14(21)19-11-2-4-12(5-3-11)20-9-16-8-18-20/h1-9H,(H,19,21). The van der Waals surface area contributed by atoms with Crippen LogP contribution in [-0.2, 0) is 0 Å². The molecular formula is C14H10FN5O. The number of hydrogen-bond donors (Lipinski definition) is 1. The number of rotatable bonds is 3. The molecule has 0 saturated heterocycles. The van der Waals surface area contributed by atoms with Crippen LogP contribution in [0.25, 0.3) is 5.69 Å². The van der Waals surface area contributed by atoms with Crippen molar-refractivity contribution in [1.29, 1.82) is 0 Å². The maximum atomic E-state index is 12.7. The Labute approximate surface area is 119 Å². The number of anilines is 1. The third-order valence-electron chi connectivity index (χ3n) is 2.80. The third kappa shape index (κ3) is 2.92. The van der Waals surface area contributed by atoms with Gasteiger partial charge in [0.25, 0.3) is 5.91 Å². The minimum Gasteiger partial charge on any atom is -0.322 e. The van der Waals surface area contributed by atoms with Gasteiger partial charge in [0.15, 0.2) is 0 Å². The molecule has 3 rings (SSSR count). The first kappa shape index (κ1) is 12.9. The Morgan fingerprint density at radius 1 is 1.14 bits per heavy atom. The van der Waals surface area contributed by atoms with E-state index in [1.54, 1.807) is 35.3 Å². The Balaban J connectivity index is 1.73. The minimum atomic E-state index is -0.622. The van der Waals surface area contributed by atoms with Crippen LogP contribution in [0.3, 0.4) is 0 Å². The molecule has 0 aliphatic heterocycles. The fourth-order valence-electron chi connectivity index (χ4n) is 1.75. The van der Waals surface area contributed by atoms with Crippen molar-refractivity contribution in [2.24, 2.45) is 0 Å². The van der Waals surface area contributed by atoms with Crippen LogP contribution in [0.5, 0.6) is 0 Å². The molecule has 0 bridgehead atoms. The van der Waals surface area contributed by atoms with Gasteiger partial charge in [-0.2, -0.15) is 9.49 Å². The lowest BCUT2D eigenvalue weighted by Gasteiger charge is -2.06. The van der Waals surface area contributed by atoms with E-state index >= 15 is 0 Å². The molecule has 21 heavy (non-hydrogen) atoms. The van der Waals surface area contributed by atoms with Crippen molar-refractivity contribution < 1.29 is 9.18 Å². The summed E-state index contributed by atoms with van der Waals surface area (Å²) in [5, 5.41) is 6.71. The highest BCUT2D eigenvalue weighted by Gasteiger charge is 2.07. The number of pyridine rings is 1. The third-order valence-corrected chi connectivity index (χ3v) is 2.80. The summed E-state index contributed by atoms with van der Waals surface area (Å²) in [4.78, 5) is 19.2. The summed E-state index contributed by atoms with van der Waals surface area (Å²) in [7, 11) is 0. The SMILES string of the molecule is O=C(Nc1ccc(-n2cncn2)cc1)c1ccc(F)nc1. The van der Waals surface area contributed by atoms with E-state index in [9.17, 15) is 9.18 Å². The second-order valence-corrected chi connectivity index (χ2v) is 4.21. The van der Waals surface area contributed by atoms with E-state index in [1.807, 2.05) is 0 Å². The molecular weight excluding hydrogens is 273 g/mol. The number of amides is 1. The van der Waals surface area contributed by atoms with Crippen molar-refractivity contribution in [2.45, 2.75) is 0 Å². The van der Waals surface area contributed by atoms with E-state index in [1.165, 1.54) is 18.6 Å². The Kier molecular flexibility index (Phi) is 3.38. The number of nitrogens with zero attached hydrogens (tertiary/aromatic N) is 4. The number of aromatic nitrogens is 4. The molecule has 0 aliphatic carbocycles. The molecule has 104 valence electrons. The van der Waals surface area contributed by atoms with Crippen LogP contribution < -0.4 is 5.32 Å². The molecule has 2 heterocycles. The normalized spacial score (nSPS) is 10.3. The number of nitrogens with one attached hydrogen (secondary N) is 1. The highest BCUT2D eigenvalue weighted by molar-refractivity contribution is 6.04. The number of halogens is 1. The summed E-state index contributed by atoms with van der Waals surface area (Å²) in [6, 6.07) is 9.60. The van der Waals surface area contributed by atoms with Crippen molar-refractivity contribution in [3.63, 3.8) is 0 Å². The largest absolute Gasteiger partial charge is 0.322 e. The van der Waals surface area contributed by atoms with Crippen molar-refractivity contribution in [3.05, 3.63) is 66.8 Å². The van der Waals surface area contributed by atoms with Gasteiger partial charge in [-0.15, -0.1) is 0 Å². The molecule has 0 saturated carbocycles. The lowest BCUT2D eigenvalue weighted by atomic mass is 10.2. The zero-order valence-electron chi connectivity index (χ0n) is 10.8. The Morgan fingerprint density at radius 3 is 2.57 bits per heavy atom. The van der Waals surface area contributed by atoms with Crippen LogP contribution in [0.4, 0.5) is 10.1 Å².